The molecule has 0 atom stereocenters. The first-order chi connectivity index (χ1) is 8.22. The van der Waals surface area contributed by atoms with Gasteiger partial charge in [-0.15, -0.1) is 0 Å². The van der Waals surface area contributed by atoms with E-state index in [2.05, 4.69) is 55.4 Å². The Morgan fingerprint density at radius 2 is 1.71 bits per heavy atom. The molecular weight excluding hydrogens is 208 g/mol. The molecule has 0 aliphatic rings. The van der Waals surface area contributed by atoms with Crippen molar-refractivity contribution in [2.24, 2.45) is 0 Å². The summed E-state index contributed by atoms with van der Waals surface area (Å²) in [6.45, 7) is 4.26. The third-order valence-corrected chi connectivity index (χ3v) is 2.96. The minimum atomic E-state index is 1.12. The van der Waals surface area contributed by atoms with E-state index in [1.165, 1.54) is 22.3 Å². The van der Waals surface area contributed by atoms with E-state index in [0.29, 0.717) is 0 Å². The van der Waals surface area contributed by atoms with E-state index in [1.807, 2.05) is 16.9 Å². The van der Waals surface area contributed by atoms with Gasteiger partial charge in [-0.2, -0.15) is 0 Å². The third-order valence-electron chi connectivity index (χ3n) is 2.96. The zero-order chi connectivity index (χ0) is 11.8. The molecule has 0 spiro atoms. The summed E-state index contributed by atoms with van der Waals surface area (Å²) in [5.41, 5.74) is 6.20. The van der Waals surface area contributed by atoms with Crippen LogP contribution in [-0.2, 0) is 0 Å². The van der Waals surface area contributed by atoms with Crippen molar-refractivity contribution >= 4 is 5.52 Å². The highest BCUT2D eigenvalue weighted by molar-refractivity contribution is 5.66. The van der Waals surface area contributed by atoms with Crippen LogP contribution in [0.5, 0.6) is 0 Å². The Balaban J connectivity index is 2.19. The summed E-state index contributed by atoms with van der Waals surface area (Å²) in [4.78, 5) is 4.13. The Morgan fingerprint density at radius 1 is 0.941 bits per heavy atom. The van der Waals surface area contributed by atoms with Crippen LogP contribution >= 0.6 is 0 Å². The van der Waals surface area contributed by atoms with Crippen molar-refractivity contribution in [1.82, 2.24) is 9.38 Å². The van der Waals surface area contributed by atoms with Crippen LogP contribution in [0.4, 0.5) is 0 Å². The predicted octanol–water partition coefficient (Wildman–Crippen LogP) is 3.62. The standard InChI is InChI=1S/C15H14N2/c1-11-5-12(2)7-14(6-11)13-3-4-15-8-16-10-17(15)9-13/h3-10H,1-2H3. The van der Waals surface area contributed by atoms with Crippen LogP contribution in [0.15, 0.2) is 49.1 Å². The Morgan fingerprint density at radius 3 is 2.47 bits per heavy atom. The molecule has 2 heteroatoms. The molecule has 0 unspecified atom stereocenters. The molecule has 0 saturated heterocycles. The fraction of sp³-hybridized carbons (Fsp3) is 0.133. The van der Waals surface area contributed by atoms with Crippen molar-refractivity contribution < 1.29 is 0 Å². The van der Waals surface area contributed by atoms with E-state index in [0.717, 1.165) is 5.52 Å². The second-order valence-corrected chi connectivity index (χ2v) is 4.52. The number of hydrogen-bond donors (Lipinski definition) is 0. The molecule has 17 heavy (non-hydrogen) atoms. The Bertz CT molecular complexity index is 660. The molecule has 1 aromatic carbocycles. The van der Waals surface area contributed by atoms with E-state index in [1.54, 1.807) is 0 Å². The predicted molar refractivity (Wildman–Crippen MR) is 70.1 cm³/mol. The number of rotatable bonds is 1. The first-order valence-corrected chi connectivity index (χ1v) is 5.73. The second-order valence-electron chi connectivity index (χ2n) is 4.52. The van der Waals surface area contributed by atoms with Gasteiger partial charge in [0.2, 0.25) is 0 Å². The molecule has 0 fully saturated rings. The maximum atomic E-state index is 4.13. The van der Waals surface area contributed by atoms with Gasteiger partial charge in [-0.25, -0.2) is 4.98 Å². The normalized spacial score (nSPS) is 10.9. The second kappa shape index (κ2) is 3.74. The van der Waals surface area contributed by atoms with Crippen molar-refractivity contribution in [1.29, 1.82) is 0 Å². The van der Waals surface area contributed by atoms with Crippen molar-refractivity contribution in [2.75, 3.05) is 0 Å². The van der Waals surface area contributed by atoms with Gasteiger partial charge in [0.25, 0.3) is 0 Å². The summed E-state index contributed by atoms with van der Waals surface area (Å²) in [6, 6.07) is 10.9. The van der Waals surface area contributed by atoms with Crippen molar-refractivity contribution in [2.45, 2.75) is 13.8 Å². The van der Waals surface area contributed by atoms with Gasteiger partial charge in [0.05, 0.1) is 18.0 Å². The monoisotopic (exact) mass is 222 g/mol. The average Bonchev–Trinajstić information content (AvgIpc) is 2.74. The van der Waals surface area contributed by atoms with Gasteiger partial charge < -0.3 is 4.40 Å². The first-order valence-electron chi connectivity index (χ1n) is 5.73. The molecule has 2 nitrogen and oxygen atoms in total. The van der Waals surface area contributed by atoms with Gasteiger partial charge in [-0.1, -0.05) is 35.4 Å². The lowest BCUT2D eigenvalue weighted by Gasteiger charge is -2.06. The number of aryl methyl sites for hydroxylation is 2. The quantitative estimate of drug-likeness (QED) is 0.614. The number of nitrogens with zero attached hydrogens (tertiary/aromatic N) is 2. The summed E-state index contributed by atoms with van der Waals surface area (Å²) >= 11 is 0. The summed E-state index contributed by atoms with van der Waals surface area (Å²) < 4.78 is 2.05. The fourth-order valence-corrected chi connectivity index (χ4v) is 2.23. The maximum Gasteiger partial charge on any atom is 0.0992 e. The van der Waals surface area contributed by atoms with E-state index in [-0.39, 0.29) is 0 Å². The van der Waals surface area contributed by atoms with E-state index in [4.69, 9.17) is 0 Å². The molecular formula is C15H14N2. The fourth-order valence-electron chi connectivity index (χ4n) is 2.23. The summed E-state index contributed by atoms with van der Waals surface area (Å²) in [5, 5.41) is 0. The molecule has 0 aliphatic carbocycles. The van der Waals surface area contributed by atoms with Crippen molar-refractivity contribution in [3.63, 3.8) is 0 Å². The molecule has 0 radical (unpaired) electrons. The molecule has 3 aromatic rings. The van der Waals surface area contributed by atoms with Crippen LogP contribution in [-0.4, -0.2) is 9.38 Å². The van der Waals surface area contributed by atoms with E-state index in [9.17, 15) is 0 Å². The number of pyridine rings is 1. The molecule has 0 saturated carbocycles. The molecule has 2 aromatic heterocycles. The van der Waals surface area contributed by atoms with Crippen LogP contribution in [0.25, 0.3) is 16.6 Å². The van der Waals surface area contributed by atoms with Crippen LogP contribution in [0.2, 0.25) is 0 Å². The summed E-state index contributed by atoms with van der Waals surface area (Å²) in [6.07, 6.45) is 5.82. The number of aromatic nitrogens is 2. The highest BCUT2D eigenvalue weighted by Crippen LogP contribution is 2.22. The highest BCUT2D eigenvalue weighted by Gasteiger charge is 2.01. The van der Waals surface area contributed by atoms with Gasteiger partial charge in [-0.05, 0) is 31.0 Å². The van der Waals surface area contributed by atoms with E-state index >= 15 is 0 Å². The number of benzene rings is 1. The Kier molecular flexibility index (Phi) is 2.22. The smallest absolute Gasteiger partial charge is 0.0992 e. The van der Waals surface area contributed by atoms with Crippen LogP contribution in [0.3, 0.4) is 0 Å². The van der Waals surface area contributed by atoms with Gasteiger partial charge >= 0.3 is 0 Å². The molecule has 0 N–H and O–H groups in total. The summed E-state index contributed by atoms with van der Waals surface area (Å²) in [7, 11) is 0. The lowest BCUT2D eigenvalue weighted by Crippen LogP contribution is -1.86. The zero-order valence-corrected chi connectivity index (χ0v) is 10.0. The molecule has 84 valence electrons. The third kappa shape index (κ3) is 1.82. The van der Waals surface area contributed by atoms with Gasteiger partial charge in [0.1, 0.15) is 0 Å². The lowest BCUT2D eigenvalue weighted by atomic mass is 10.0. The first kappa shape index (κ1) is 10.1. The van der Waals surface area contributed by atoms with Crippen LogP contribution in [0.1, 0.15) is 11.1 Å². The topological polar surface area (TPSA) is 17.3 Å². The number of hydrogen-bond acceptors (Lipinski definition) is 1. The largest absolute Gasteiger partial charge is 0.306 e. The number of imidazole rings is 1. The van der Waals surface area contributed by atoms with Crippen LogP contribution in [0, 0.1) is 13.8 Å². The minimum Gasteiger partial charge on any atom is -0.306 e. The molecule has 0 amide bonds. The SMILES string of the molecule is Cc1cc(C)cc(-c2ccc3cncn3c2)c1. The Labute approximate surface area is 101 Å². The van der Waals surface area contributed by atoms with Gasteiger partial charge in [0.15, 0.2) is 0 Å². The molecule has 2 heterocycles. The molecule has 0 aliphatic heterocycles. The lowest BCUT2D eigenvalue weighted by molar-refractivity contribution is 1.15. The van der Waals surface area contributed by atoms with Crippen LogP contribution < -0.4 is 0 Å². The Hall–Kier alpha value is -2.09. The molecule has 0 bridgehead atoms. The summed E-state index contributed by atoms with van der Waals surface area (Å²) in [5.74, 6) is 0. The highest BCUT2D eigenvalue weighted by atomic mass is 15.0. The average molecular weight is 222 g/mol. The van der Waals surface area contributed by atoms with Crippen molar-refractivity contribution in [3.05, 3.63) is 60.2 Å². The zero-order valence-electron chi connectivity index (χ0n) is 10.0. The van der Waals surface area contributed by atoms with Gasteiger partial charge in [0, 0.05) is 6.20 Å². The molecule has 3 rings (SSSR count). The van der Waals surface area contributed by atoms with Gasteiger partial charge in [-0.3, -0.25) is 0 Å². The maximum absolute atomic E-state index is 4.13. The van der Waals surface area contributed by atoms with E-state index < -0.39 is 0 Å². The number of fused-ring (bicyclic) bond motifs is 1. The van der Waals surface area contributed by atoms with Crippen molar-refractivity contribution in [3.8, 4) is 11.1 Å². The minimum absolute atomic E-state index is 1.12.